The number of rotatable bonds is 1. The number of hydrogen-bond donors (Lipinski definition) is 0. The van der Waals surface area contributed by atoms with Gasteiger partial charge in [-0.3, -0.25) is 4.98 Å². The first-order chi connectivity index (χ1) is 5.86. The molecular weight excluding hydrogens is 222 g/mol. The number of hydrogen-bond acceptors (Lipinski definition) is 4. The molecule has 0 saturated carbocycles. The average Bonchev–Trinajstić information content (AvgIpc) is 2.54. The maximum atomic E-state index is 4.88. The summed E-state index contributed by atoms with van der Waals surface area (Å²) in [5, 5.41) is 3.58. The van der Waals surface area contributed by atoms with Gasteiger partial charge in [-0.05, 0) is 33.2 Å². The molecular formula is C7H4BrN3O. The summed E-state index contributed by atoms with van der Waals surface area (Å²) < 4.78 is 5.31. The van der Waals surface area contributed by atoms with Gasteiger partial charge in [0.05, 0.1) is 0 Å². The summed E-state index contributed by atoms with van der Waals surface area (Å²) in [6, 6.07) is 5.50. The normalized spacial score (nSPS) is 10.1. The van der Waals surface area contributed by atoms with Gasteiger partial charge in [0.15, 0.2) is 0 Å². The Labute approximate surface area is 76.8 Å². The Kier molecular flexibility index (Phi) is 1.87. The van der Waals surface area contributed by atoms with E-state index >= 15 is 0 Å². The third-order valence-electron chi connectivity index (χ3n) is 1.29. The Morgan fingerprint density at radius 3 is 2.83 bits per heavy atom. The van der Waals surface area contributed by atoms with Gasteiger partial charge in [-0.15, -0.1) is 0 Å². The van der Waals surface area contributed by atoms with Crippen LogP contribution >= 0.6 is 15.9 Å². The first-order valence-electron chi connectivity index (χ1n) is 3.27. The fraction of sp³-hybridized carbons (Fsp3) is 0. The van der Waals surface area contributed by atoms with Gasteiger partial charge in [-0.2, -0.15) is 4.98 Å². The minimum Gasteiger partial charge on any atom is -0.331 e. The third kappa shape index (κ3) is 1.35. The zero-order chi connectivity index (χ0) is 8.39. The van der Waals surface area contributed by atoms with Crippen LogP contribution in [0.3, 0.4) is 0 Å². The van der Waals surface area contributed by atoms with E-state index in [0.717, 1.165) is 0 Å². The van der Waals surface area contributed by atoms with E-state index in [2.05, 4.69) is 31.1 Å². The molecule has 0 aliphatic heterocycles. The largest absolute Gasteiger partial charge is 0.331 e. The molecule has 12 heavy (non-hydrogen) atoms. The van der Waals surface area contributed by atoms with Crippen LogP contribution < -0.4 is 0 Å². The SMILES string of the molecule is Brc1noc(-c2ccccn2)n1. The second kappa shape index (κ2) is 3.02. The van der Waals surface area contributed by atoms with E-state index in [1.165, 1.54) is 0 Å². The van der Waals surface area contributed by atoms with Crippen molar-refractivity contribution in [3.8, 4) is 11.6 Å². The van der Waals surface area contributed by atoms with Crippen molar-refractivity contribution in [1.29, 1.82) is 0 Å². The fourth-order valence-electron chi connectivity index (χ4n) is 0.799. The van der Waals surface area contributed by atoms with Crippen molar-refractivity contribution in [3.05, 3.63) is 29.1 Å². The molecule has 60 valence electrons. The lowest BCUT2D eigenvalue weighted by molar-refractivity contribution is 0.425. The van der Waals surface area contributed by atoms with E-state index in [9.17, 15) is 0 Å². The molecule has 2 aromatic rings. The van der Waals surface area contributed by atoms with Crippen LogP contribution in [0.4, 0.5) is 0 Å². The molecule has 5 heteroatoms. The first-order valence-corrected chi connectivity index (χ1v) is 4.06. The molecule has 2 rings (SSSR count). The Morgan fingerprint density at radius 1 is 1.33 bits per heavy atom. The summed E-state index contributed by atoms with van der Waals surface area (Å²) in [5.41, 5.74) is 0.677. The van der Waals surface area contributed by atoms with Gasteiger partial charge >= 0.3 is 0 Å². The predicted molar refractivity (Wildman–Crippen MR) is 45.2 cm³/mol. The molecule has 2 aromatic heterocycles. The van der Waals surface area contributed by atoms with Crippen LogP contribution in [0.1, 0.15) is 0 Å². The maximum Gasteiger partial charge on any atom is 0.277 e. The van der Waals surface area contributed by atoms with Crippen LogP contribution in [-0.4, -0.2) is 15.1 Å². The lowest BCUT2D eigenvalue weighted by Crippen LogP contribution is -1.80. The van der Waals surface area contributed by atoms with Crippen LogP contribution in [0.15, 0.2) is 33.7 Å². The van der Waals surface area contributed by atoms with Gasteiger partial charge in [0.25, 0.3) is 5.89 Å². The summed E-state index contributed by atoms with van der Waals surface area (Å²) in [4.78, 5) is 8.00. The minimum absolute atomic E-state index is 0.419. The summed E-state index contributed by atoms with van der Waals surface area (Å²) in [6.07, 6.45) is 1.67. The smallest absolute Gasteiger partial charge is 0.277 e. The van der Waals surface area contributed by atoms with Gasteiger partial charge < -0.3 is 4.52 Å². The van der Waals surface area contributed by atoms with Gasteiger partial charge in [-0.1, -0.05) is 6.07 Å². The first kappa shape index (κ1) is 7.42. The van der Waals surface area contributed by atoms with Crippen LogP contribution in [-0.2, 0) is 0 Å². The Bertz CT molecular complexity index is 373. The minimum atomic E-state index is 0.419. The van der Waals surface area contributed by atoms with E-state index in [-0.39, 0.29) is 0 Å². The zero-order valence-electron chi connectivity index (χ0n) is 5.94. The van der Waals surface area contributed by atoms with Gasteiger partial charge in [0.1, 0.15) is 5.69 Å². The molecule has 0 aliphatic rings. The number of pyridine rings is 1. The second-order valence-electron chi connectivity index (χ2n) is 2.08. The van der Waals surface area contributed by atoms with Crippen LogP contribution in [0.5, 0.6) is 0 Å². The van der Waals surface area contributed by atoms with Crippen molar-refractivity contribution in [3.63, 3.8) is 0 Å². The molecule has 0 fully saturated rings. The molecule has 2 heterocycles. The van der Waals surface area contributed by atoms with Gasteiger partial charge in [-0.25, -0.2) is 0 Å². The highest BCUT2D eigenvalue weighted by molar-refractivity contribution is 9.10. The Hall–Kier alpha value is -1.23. The van der Waals surface area contributed by atoms with Crippen LogP contribution in [0.2, 0.25) is 0 Å². The monoisotopic (exact) mass is 225 g/mol. The topological polar surface area (TPSA) is 51.8 Å². The summed E-state index contributed by atoms with van der Waals surface area (Å²) in [7, 11) is 0. The second-order valence-corrected chi connectivity index (χ2v) is 2.79. The highest BCUT2D eigenvalue weighted by Crippen LogP contribution is 2.14. The van der Waals surface area contributed by atoms with Gasteiger partial charge in [0, 0.05) is 6.20 Å². The molecule has 0 radical (unpaired) electrons. The van der Waals surface area contributed by atoms with E-state index in [0.29, 0.717) is 16.3 Å². The molecule has 0 saturated heterocycles. The number of aromatic nitrogens is 3. The van der Waals surface area contributed by atoms with Crippen molar-refractivity contribution in [2.24, 2.45) is 0 Å². The van der Waals surface area contributed by atoms with Crippen molar-refractivity contribution >= 4 is 15.9 Å². The van der Waals surface area contributed by atoms with E-state index < -0.39 is 0 Å². The van der Waals surface area contributed by atoms with E-state index in [1.54, 1.807) is 12.3 Å². The highest BCUT2D eigenvalue weighted by atomic mass is 79.9. The molecule has 0 aliphatic carbocycles. The lowest BCUT2D eigenvalue weighted by Gasteiger charge is -1.88. The van der Waals surface area contributed by atoms with Crippen molar-refractivity contribution < 1.29 is 4.52 Å². The number of halogens is 1. The molecule has 0 bridgehead atoms. The fourth-order valence-corrected chi connectivity index (χ4v) is 1.03. The lowest BCUT2D eigenvalue weighted by atomic mass is 10.3. The zero-order valence-corrected chi connectivity index (χ0v) is 7.52. The summed E-state index contributed by atoms with van der Waals surface area (Å²) >= 11 is 3.09. The Morgan fingerprint density at radius 2 is 2.25 bits per heavy atom. The molecule has 0 unspecified atom stereocenters. The quantitative estimate of drug-likeness (QED) is 0.744. The molecule has 0 aromatic carbocycles. The molecule has 0 atom stereocenters. The van der Waals surface area contributed by atoms with Gasteiger partial charge in [0.2, 0.25) is 4.73 Å². The van der Waals surface area contributed by atoms with Crippen molar-refractivity contribution in [2.45, 2.75) is 0 Å². The summed E-state index contributed by atoms with van der Waals surface area (Å²) in [6.45, 7) is 0. The molecule has 0 spiro atoms. The highest BCUT2D eigenvalue weighted by Gasteiger charge is 2.06. The van der Waals surface area contributed by atoms with E-state index in [1.807, 2.05) is 12.1 Å². The maximum absolute atomic E-state index is 4.88. The number of nitrogens with zero attached hydrogens (tertiary/aromatic N) is 3. The van der Waals surface area contributed by atoms with Crippen LogP contribution in [0.25, 0.3) is 11.6 Å². The molecule has 0 N–H and O–H groups in total. The third-order valence-corrected chi connectivity index (χ3v) is 1.61. The van der Waals surface area contributed by atoms with Crippen molar-refractivity contribution in [2.75, 3.05) is 0 Å². The van der Waals surface area contributed by atoms with Crippen molar-refractivity contribution in [1.82, 2.24) is 15.1 Å². The standard InChI is InChI=1S/C7H4BrN3O/c8-7-10-6(12-11-7)5-3-1-2-4-9-5/h1-4H. The Balaban J connectivity index is 2.45. The average molecular weight is 226 g/mol. The molecule has 0 amide bonds. The predicted octanol–water partition coefficient (Wildman–Crippen LogP) is 1.89. The van der Waals surface area contributed by atoms with Crippen LogP contribution in [0, 0.1) is 0 Å². The summed E-state index contributed by atoms with van der Waals surface area (Å²) in [5.74, 6) is 0.419. The van der Waals surface area contributed by atoms with E-state index in [4.69, 9.17) is 4.52 Å². The molecule has 4 nitrogen and oxygen atoms in total.